The molecule has 0 aromatic carbocycles. The van der Waals surface area contributed by atoms with Crippen molar-refractivity contribution >= 4 is 11.9 Å². The van der Waals surface area contributed by atoms with Gasteiger partial charge in [0.25, 0.3) is 5.91 Å². The van der Waals surface area contributed by atoms with Crippen LogP contribution >= 0.6 is 0 Å². The Morgan fingerprint density at radius 3 is 2.10 bits per heavy atom. The van der Waals surface area contributed by atoms with Gasteiger partial charge < -0.3 is 9.22 Å². The van der Waals surface area contributed by atoms with Gasteiger partial charge in [-0.3, -0.25) is 9.69 Å². The Morgan fingerprint density at radius 1 is 1.30 bits per heavy atom. The molecule has 114 valence electrons. The predicted molar refractivity (Wildman–Crippen MR) is 79.5 cm³/mol. The molecule has 1 amide bonds. The van der Waals surface area contributed by atoms with Gasteiger partial charge in [-0.1, -0.05) is 13.5 Å². The van der Waals surface area contributed by atoms with E-state index in [2.05, 4.69) is 11.3 Å². The lowest BCUT2D eigenvalue weighted by molar-refractivity contribution is -0.905. The number of hydrogen-bond donors (Lipinski definition) is 0. The highest BCUT2D eigenvalue weighted by Crippen LogP contribution is 2.18. The molecule has 0 aliphatic rings. The van der Waals surface area contributed by atoms with E-state index in [1.807, 2.05) is 28.1 Å². The summed E-state index contributed by atoms with van der Waals surface area (Å²) in [4.78, 5) is 25.5. The van der Waals surface area contributed by atoms with E-state index in [0.717, 1.165) is 6.42 Å². The fourth-order valence-electron chi connectivity index (χ4n) is 2.04. The maximum absolute atomic E-state index is 12.4. The van der Waals surface area contributed by atoms with Crippen molar-refractivity contribution in [2.24, 2.45) is 0 Å². The van der Waals surface area contributed by atoms with Crippen molar-refractivity contribution in [2.75, 3.05) is 28.3 Å². The number of rotatable bonds is 6. The summed E-state index contributed by atoms with van der Waals surface area (Å²) >= 11 is 0. The van der Waals surface area contributed by atoms with Crippen molar-refractivity contribution in [1.82, 2.24) is 4.90 Å². The molecular formula is C15H27N2O3+. The second-order valence-electron chi connectivity index (χ2n) is 5.80. The molecule has 0 bridgehead atoms. The van der Waals surface area contributed by atoms with E-state index in [-0.39, 0.29) is 12.1 Å². The normalized spacial score (nSPS) is 13.7. The van der Waals surface area contributed by atoms with E-state index in [1.165, 1.54) is 7.11 Å². The van der Waals surface area contributed by atoms with Crippen LogP contribution in [0.5, 0.6) is 0 Å². The van der Waals surface area contributed by atoms with E-state index in [0.29, 0.717) is 15.6 Å². The fraction of sp³-hybridized carbons (Fsp3) is 0.600. The van der Waals surface area contributed by atoms with E-state index >= 15 is 0 Å². The van der Waals surface area contributed by atoms with Gasteiger partial charge >= 0.3 is 5.97 Å². The first-order chi connectivity index (χ1) is 9.06. The Kier molecular flexibility index (Phi) is 6.65. The van der Waals surface area contributed by atoms with E-state index in [1.54, 1.807) is 24.9 Å². The molecule has 0 aromatic heterocycles. The van der Waals surface area contributed by atoms with Crippen LogP contribution in [0, 0.1) is 0 Å². The third kappa shape index (κ3) is 4.81. The molecule has 5 nitrogen and oxygen atoms in total. The zero-order chi connectivity index (χ0) is 16.1. The number of hydrogen-bond acceptors (Lipinski definition) is 3. The average Bonchev–Trinajstić information content (AvgIpc) is 2.34. The molecular weight excluding hydrogens is 256 g/mol. The number of methoxy groups -OCH3 is 1. The first-order valence-electron chi connectivity index (χ1n) is 6.62. The Morgan fingerprint density at radius 2 is 1.80 bits per heavy atom. The Hall–Kier alpha value is -1.62. The standard InChI is InChI=1S/C15H27N2O3/c1-9-13(17(5,6)7)16(14(18)11(2)3)10-12(4)15(19)20-8/h10,13H,2,9H2,1,3-8H3/q+1. The summed E-state index contributed by atoms with van der Waals surface area (Å²) in [6, 6.07) is 0. The van der Waals surface area contributed by atoms with Crippen molar-refractivity contribution in [2.45, 2.75) is 33.4 Å². The van der Waals surface area contributed by atoms with Crippen LogP contribution in [-0.4, -0.2) is 55.7 Å². The van der Waals surface area contributed by atoms with Crippen LogP contribution in [0.25, 0.3) is 0 Å². The highest BCUT2D eigenvalue weighted by molar-refractivity contribution is 5.94. The third-order valence-corrected chi connectivity index (χ3v) is 3.02. The van der Waals surface area contributed by atoms with Crippen molar-refractivity contribution in [1.29, 1.82) is 0 Å². The summed E-state index contributed by atoms with van der Waals surface area (Å²) in [5.74, 6) is -0.631. The van der Waals surface area contributed by atoms with Gasteiger partial charge in [0, 0.05) is 18.2 Å². The molecule has 1 unspecified atom stereocenters. The Labute approximate surface area is 122 Å². The summed E-state index contributed by atoms with van der Waals surface area (Å²) in [5, 5.41) is 0. The maximum atomic E-state index is 12.4. The zero-order valence-corrected chi connectivity index (χ0v) is 13.7. The van der Waals surface area contributed by atoms with Gasteiger partial charge in [0.05, 0.1) is 33.8 Å². The lowest BCUT2D eigenvalue weighted by Gasteiger charge is -2.39. The fourth-order valence-corrected chi connectivity index (χ4v) is 2.04. The van der Waals surface area contributed by atoms with E-state index in [9.17, 15) is 9.59 Å². The molecule has 0 N–H and O–H groups in total. The van der Waals surface area contributed by atoms with E-state index in [4.69, 9.17) is 0 Å². The molecule has 0 aliphatic carbocycles. The quantitative estimate of drug-likeness (QED) is 0.324. The molecule has 0 fully saturated rings. The number of carbonyl (C=O) groups is 2. The Bertz CT molecular complexity index is 419. The zero-order valence-electron chi connectivity index (χ0n) is 13.7. The van der Waals surface area contributed by atoms with Gasteiger partial charge in [-0.25, -0.2) is 4.79 Å². The number of carbonyl (C=O) groups excluding carboxylic acids is 2. The molecule has 0 saturated carbocycles. The SMILES string of the molecule is C=C(C)C(=O)N(C=C(C)C(=O)OC)C(CC)[N+](C)(C)C. The summed E-state index contributed by atoms with van der Waals surface area (Å²) in [7, 11) is 7.35. The highest BCUT2D eigenvalue weighted by atomic mass is 16.5. The number of amides is 1. The van der Waals surface area contributed by atoms with Crippen LogP contribution in [0.1, 0.15) is 27.2 Å². The molecule has 5 heteroatoms. The topological polar surface area (TPSA) is 46.6 Å². The smallest absolute Gasteiger partial charge is 0.334 e. The minimum absolute atomic E-state index is 0.0844. The monoisotopic (exact) mass is 283 g/mol. The predicted octanol–water partition coefficient (Wildman–Crippen LogP) is 1.91. The largest absolute Gasteiger partial charge is 0.466 e. The molecule has 0 radical (unpaired) electrons. The molecule has 0 aliphatic heterocycles. The number of quaternary nitrogens is 1. The van der Waals surface area contributed by atoms with Gasteiger partial charge in [-0.15, -0.1) is 0 Å². The molecule has 0 heterocycles. The van der Waals surface area contributed by atoms with Gasteiger partial charge in [0.15, 0.2) is 6.17 Å². The molecule has 1 atom stereocenters. The summed E-state index contributed by atoms with van der Waals surface area (Å²) < 4.78 is 5.25. The second-order valence-corrected chi connectivity index (χ2v) is 5.80. The van der Waals surface area contributed by atoms with Crippen molar-refractivity contribution < 1.29 is 18.8 Å². The average molecular weight is 283 g/mol. The summed E-state index contributed by atoms with van der Waals surface area (Å²) in [6.45, 7) is 9.01. The molecule has 0 aromatic rings. The van der Waals surface area contributed by atoms with Gasteiger partial charge in [0.2, 0.25) is 0 Å². The minimum Gasteiger partial charge on any atom is -0.466 e. The third-order valence-electron chi connectivity index (χ3n) is 3.02. The molecule has 0 saturated heterocycles. The maximum Gasteiger partial charge on any atom is 0.334 e. The van der Waals surface area contributed by atoms with Gasteiger partial charge in [-0.05, 0) is 13.8 Å². The first-order valence-corrected chi connectivity index (χ1v) is 6.62. The highest BCUT2D eigenvalue weighted by Gasteiger charge is 2.32. The molecule has 20 heavy (non-hydrogen) atoms. The Balaban J connectivity index is 5.67. The van der Waals surface area contributed by atoms with Gasteiger partial charge in [-0.2, -0.15) is 0 Å². The molecule has 0 rings (SSSR count). The lowest BCUT2D eigenvalue weighted by atomic mass is 10.2. The first kappa shape index (κ1) is 18.4. The summed E-state index contributed by atoms with van der Waals surface area (Å²) in [6.07, 6.45) is 2.23. The number of esters is 1. The van der Waals surface area contributed by atoms with Crippen LogP contribution in [-0.2, 0) is 14.3 Å². The van der Waals surface area contributed by atoms with Gasteiger partial charge in [0.1, 0.15) is 0 Å². The van der Waals surface area contributed by atoms with Crippen LogP contribution < -0.4 is 0 Å². The van der Waals surface area contributed by atoms with Crippen LogP contribution in [0.2, 0.25) is 0 Å². The van der Waals surface area contributed by atoms with Crippen LogP contribution in [0.15, 0.2) is 23.9 Å². The minimum atomic E-state index is -0.444. The van der Waals surface area contributed by atoms with Crippen LogP contribution in [0.4, 0.5) is 0 Å². The van der Waals surface area contributed by atoms with Crippen molar-refractivity contribution in [3.63, 3.8) is 0 Å². The van der Waals surface area contributed by atoms with Crippen molar-refractivity contribution in [3.8, 4) is 0 Å². The number of nitrogens with zero attached hydrogens (tertiary/aromatic N) is 2. The van der Waals surface area contributed by atoms with Crippen LogP contribution in [0.3, 0.4) is 0 Å². The van der Waals surface area contributed by atoms with E-state index < -0.39 is 5.97 Å². The second kappa shape index (κ2) is 7.24. The number of ether oxygens (including phenoxy) is 1. The summed E-state index contributed by atoms with van der Waals surface area (Å²) in [5.41, 5.74) is 0.819. The molecule has 0 spiro atoms. The van der Waals surface area contributed by atoms with Crippen molar-refractivity contribution in [3.05, 3.63) is 23.9 Å². The lowest BCUT2D eigenvalue weighted by Crippen LogP contribution is -2.55.